The molecule has 10 heteroatoms. The molecule has 3 atom stereocenters. The third-order valence-electron chi connectivity index (χ3n) is 6.70. The van der Waals surface area contributed by atoms with E-state index in [4.69, 9.17) is 4.74 Å². The van der Waals surface area contributed by atoms with Gasteiger partial charge in [-0.3, -0.25) is 19.7 Å². The van der Waals surface area contributed by atoms with Crippen molar-refractivity contribution in [3.05, 3.63) is 58.8 Å². The van der Waals surface area contributed by atoms with Crippen LogP contribution in [0.25, 0.3) is 10.8 Å². The van der Waals surface area contributed by atoms with Crippen LogP contribution < -0.4 is 16.2 Å². The number of aromatic nitrogens is 2. The van der Waals surface area contributed by atoms with Crippen LogP contribution in [0, 0.1) is 17.8 Å². The summed E-state index contributed by atoms with van der Waals surface area (Å²) in [6, 6.07) is 8.70. The van der Waals surface area contributed by atoms with E-state index in [2.05, 4.69) is 15.6 Å². The van der Waals surface area contributed by atoms with Crippen LogP contribution in [0.4, 0.5) is 16.2 Å². The number of aryl methyl sites for hydroxylation is 1. The first-order valence-corrected chi connectivity index (χ1v) is 11.9. The molecule has 1 unspecified atom stereocenters. The van der Waals surface area contributed by atoms with Crippen molar-refractivity contribution in [2.45, 2.75) is 26.4 Å². The van der Waals surface area contributed by atoms with Gasteiger partial charge in [-0.25, -0.2) is 4.79 Å². The molecule has 3 heterocycles. The van der Waals surface area contributed by atoms with Crippen LogP contribution in [-0.4, -0.2) is 51.0 Å². The number of likely N-dealkylation sites (tertiary alicyclic amines) is 1. The van der Waals surface area contributed by atoms with Crippen LogP contribution in [-0.2, 0) is 16.6 Å². The second-order valence-electron chi connectivity index (χ2n) is 10.5. The fourth-order valence-electron chi connectivity index (χ4n) is 5.00. The van der Waals surface area contributed by atoms with Crippen molar-refractivity contribution in [3.63, 3.8) is 0 Å². The average Bonchev–Trinajstić information content (AvgIpc) is 3.08. The summed E-state index contributed by atoms with van der Waals surface area (Å²) in [5.41, 5.74) is 0.681. The highest BCUT2D eigenvalue weighted by molar-refractivity contribution is 5.99. The number of carbonyl (C=O) groups is 3. The normalized spacial score (nSPS) is 20.7. The summed E-state index contributed by atoms with van der Waals surface area (Å²) < 4.78 is 6.94. The average molecular weight is 492 g/mol. The smallest absolute Gasteiger partial charge is 0.412 e. The van der Waals surface area contributed by atoms with Gasteiger partial charge in [-0.05, 0) is 62.3 Å². The van der Waals surface area contributed by atoms with E-state index in [-0.39, 0.29) is 35.1 Å². The minimum Gasteiger partial charge on any atom is -0.444 e. The molecule has 2 fully saturated rings. The fourth-order valence-corrected chi connectivity index (χ4v) is 5.00. The van der Waals surface area contributed by atoms with Gasteiger partial charge in [-0.1, -0.05) is 6.07 Å². The summed E-state index contributed by atoms with van der Waals surface area (Å²) in [7, 11) is 1.75. The van der Waals surface area contributed by atoms with Gasteiger partial charge in [0, 0.05) is 49.5 Å². The van der Waals surface area contributed by atoms with Crippen molar-refractivity contribution in [1.29, 1.82) is 0 Å². The quantitative estimate of drug-likeness (QED) is 0.517. The first kappa shape index (κ1) is 23.7. The van der Waals surface area contributed by atoms with Crippen molar-refractivity contribution >= 4 is 40.1 Å². The SMILES string of the molecule is Cn1cc(NC(=O)OC(C)(C)C)cc1C(=O)N1C[C@@H]2C(C(=O)Nc3ccc4cc[nH]c(=O)c4c3)[C@@H]2C1. The highest BCUT2D eigenvalue weighted by Crippen LogP contribution is 2.52. The Morgan fingerprint density at radius 1 is 1.03 bits per heavy atom. The minimum absolute atomic E-state index is 0.0912. The zero-order valence-corrected chi connectivity index (χ0v) is 20.6. The van der Waals surface area contributed by atoms with Crippen LogP contribution in [0.5, 0.6) is 0 Å². The van der Waals surface area contributed by atoms with Gasteiger partial charge in [0.2, 0.25) is 5.91 Å². The van der Waals surface area contributed by atoms with Crippen LogP contribution in [0.2, 0.25) is 0 Å². The Kier molecular flexibility index (Phi) is 5.61. The molecule has 5 rings (SSSR count). The number of ether oxygens (including phenoxy) is 1. The Hall–Kier alpha value is -4.08. The van der Waals surface area contributed by atoms with Crippen molar-refractivity contribution in [2.75, 3.05) is 23.7 Å². The number of nitrogens with zero attached hydrogens (tertiary/aromatic N) is 2. The molecule has 2 aromatic heterocycles. The molecule has 3 N–H and O–H groups in total. The van der Waals surface area contributed by atoms with Gasteiger partial charge in [0.15, 0.2) is 0 Å². The molecule has 2 aliphatic rings. The van der Waals surface area contributed by atoms with Gasteiger partial charge < -0.3 is 24.5 Å². The summed E-state index contributed by atoms with van der Waals surface area (Å²) in [6.45, 7) is 6.34. The zero-order chi connectivity index (χ0) is 25.8. The van der Waals surface area contributed by atoms with Gasteiger partial charge in [0.25, 0.3) is 11.5 Å². The minimum atomic E-state index is -0.622. The number of aromatic amines is 1. The summed E-state index contributed by atoms with van der Waals surface area (Å²) in [5.74, 6) is -0.173. The maximum atomic E-state index is 13.1. The van der Waals surface area contributed by atoms with Crippen LogP contribution in [0.1, 0.15) is 31.3 Å². The molecule has 0 bridgehead atoms. The topological polar surface area (TPSA) is 126 Å². The van der Waals surface area contributed by atoms with Crippen LogP contribution in [0.15, 0.2) is 47.5 Å². The number of fused-ring (bicyclic) bond motifs is 2. The maximum Gasteiger partial charge on any atom is 0.412 e. The van der Waals surface area contributed by atoms with Crippen molar-refractivity contribution < 1.29 is 19.1 Å². The van der Waals surface area contributed by atoms with Crippen LogP contribution >= 0.6 is 0 Å². The van der Waals surface area contributed by atoms with E-state index in [0.29, 0.717) is 35.5 Å². The maximum absolute atomic E-state index is 13.1. The molecular formula is C26H29N5O5. The van der Waals surface area contributed by atoms with Gasteiger partial charge in [-0.2, -0.15) is 0 Å². The van der Waals surface area contributed by atoms with Gasteiger partial charge in [-0.15, -0.1) is 0 Å². The standard InChI is InChI=1S/C26H29N5O5/c1-26(2,3)36-25(35)29-16-10-20(30(4)11-16)24(34)31-12-18-19(13-31)21(18)23(33)28-15-6-5-14-7-8-27-22(32)17(14)9-15/h5-11,18-19,21H,12-13H2,1-4H3,(H,27,32)(H,28,33)(H,29,35)/t18-,19+,21?. The number of amides is 3. The number of hydrogen-bond donors (Lipinski definition) is 3. The molecule has 3 amide bonds. The monoisotopic (exact) mass is 491 g/mol. The first-order valence-electron chi connectivity index (χ1n) is 11.9. The second kappa shape index (κ2) is 8.54. The summed E-state index contributed by atoms with van der Waals surface area (Å²) in [6.07, 6.45) is 2.67. The molecular weight excluding hydrogens is 462 g/mol. The molecule has 188 valence electrons. The number of piperidine rings is 1. The number of pyridine rings is 1. The molecule has 1 saturated carbocycles. The molecule has 10 nitrogen and oxygen atoms in total. The van der Waals surface area contributed by atoms with Crippen molar-refractivity contribution in [1.82, 2.24) is 14.5 Å². The van der Waals surface area contributed by atoms with Gasteiger partial charge in [0.05, 0.1) is 5.69 Å². The predicted octanol–water partition coefficient (Wildman–Crippen LogP) is 3.17. The highest BCUT2D eigenvalue weighted by Gasteiger charge is 2.60. The summed E-state index contributed by atoms with van der Waals surface area (Å²) in [4.78, 5) is 54.4. The lowest BCUT2D eigenvalue weighted by Crippen LogP contribution is -2.34. The van der Waals surface area contributed by atoms with Crippen molar-refractivity contribution in [3.8, 4) is 0 Å². The highest BCUT2D eigenvalue weighted by atomic mass is 16.6. The molecule has 36 heavy (non-hydrogen) atoms. The lowest BCUT2D eigenvalue weighted by atomic mass is 10.1. The molecule has 0 spiro atoms. The molecule has 0 radical (unpaired) electrons. The van der Waals surface area contributed by atoms with Crippen LogP contribution in [0.3, 0.4) is 0 Å². The Morgan fingerprint density at radius 2 is 1.75 bits per heavy atom. The van der Waals surface area contributed by atoms with E-state index in [1.165, 1.54) is 0 Å². The second-order valence-corrected chi connectivity index (χ2v) is 10.5. The third-order valence-corrected chi connectivity index (χ3v) is 6.70. The predicted molar refractivity (Wildman–Crippen MR) is 135 cm³/mol. The van der Waals surface area contributed by atoms with E-state index in [1.807, 2.05) is 6.07 Å². The largest absolute Gasteiger partial charge is 0.444 e. The lowest BCUT2D eigenvalue weighted by Gasteiger charge is -2.20. The Morgan fingerprint density at radius 3 is 2.44 bits per heavy atom. The molecule has 1 saturated heterocycles. The number of carbonyl (C=O) groups excluding carboxylic acids is 3. The van der Waals surface area contributed by atoms with Gasteiger partial charge in [0.1, 0.15) is 11.3 Å². The summed E-state index contributed by atoms with van der Waals surface area (Å²) >= 11 is 0. The van der Waals surface area contributed by atoms with E-state index >= 15 is 0 Å². The molecule has 3 aromatic rings. The molecule has 1 aliphatic carbocycles. The summed E-state index contributed by atoms with van der Waals surface area (Å²) in [5, 5.41) is 6.90. The lowest BCUT2D eigenvalue weighted by molar-refractivity contribution is -0.118. The van der Waals surface area contributed by atoms with E-state index in [9.17, 15) is 19.2 Å². The third kappa shape index (κ3) is 4.58. The molecule has 1 aliphatic heterocycles. The fraction of sp³-hybridized carbons (Fsp3) is 0.385. The van der Waals surface area contributed by atoms with Crippen molar-refractivity contribution in [2.24, 2.45) is 24.8 Å². The number of benzene rings is 1. The molecule has 1 aromatic carbocycles. The van der Waals surface area contributed by atoms with E-state index in [0.717, 1.165) is 5.39 Å². The van der Waals surface area contributed by atoms with Gasteiger partial charge >= 0.3 is 6.09 Å². The number of rotatable bonds is 4. The number of hydrogen-bond acceptors (Lipinski definition) is 5. The first-order chi connectivity index (χ1) is 17.0. The van der Waals surface area contributed by atoms with E-state index < -0.39 is 11.7 Å². The number of H-pyrrole nitrogens is 1. The number of anilines is 2. The number of nitrogens with one attached hydrogen (secondary N) is 3. The zero-order valence-electron chi connectivity index (χ0n) is 20.6. The Labute approximate surface area is 207 Å². The Balaban J connectivity index is 1.18. The van der Waals surface area contributed by atoms with E-state index in [1.54, 1.807) is 73.9 Å². The Bertz CT molecular complexity index is 1420.